The Labute approximate surface area is 99.4 Å². The maximum Gasteiger partial charge on any atom is 0.252 e. The molecule has 4 N–H and O–H groups in total. The summed E-state index contributed by atoms with van der Waals surface area (Å²) in [6, 6.07) is 5.55. The molecular formula is C12H15N3O2. The summed E-state index contributed by atoms with van der Waals surface area (Å²) in [7, 11) is 0. The lowest BCUT2D eigenvalue weighted by Crippen LogP contribution is -2.34. The van der Waals surface area contributed by atoms with Gasteiger partial charge in [0.2, 0.25) is 5.91 Å². The summed E-state index contributed by atoms with van der Waals surface area (Å²) in [5.41, 5.74) is 7.63. The molecule has 0 atom stereocenters. The van der Waals surface area contributed by atoms with Gasteiger partial charge in [-0.3, -0.25) is 9.59 Å². The van der Waals surface area contributed by atoms with Crippen LogP contribution in [-0.2, 0) is 11.2 Å². The van der Waals surface area contributed by atoms with Crippen LogP contribution in [0.4, 0.5) is 5.69 Å². The zero-order chi connectivity index (χ0) is 12.3. The topological polar surface area (TPSA) is 84.2 Å². The molecule has 0 aromatic heterocycles. The number of nitrogens with two attached hydrogens (primary N) is 1. The van der Waals surface area contributed by atoms with Gasteiger partial charge in [-0.25, -0.2) is 0 Å². The third-order valence-corrected chi connectivity index (χ3v) is 2.76. The fraction of sp³-hybridized carbons (Fsp3) is 0.333. The number of carbonyl (C=O) groups is 2. The van der Waals surface area contributed by atoms with E-state index in [1.807, 2.05) is 12.1 Å². The van der Waals surface area contributed by atoms with Crippen LogP contribution in [0.1, 0.15) is 22.3 Å². The van der Waals surface area contributed by atoms with Crippen LogP contribution in [-0.4, -0.2) is 24.9 Å². The van der Waals surface area contributed by atoms with Crippen molar-refractivity contribution in [1.29, 1.82) is 0 Å². The lowest BCUT2D eigenvalue weighted by Gasteiger charge is -2.20. The number of hydrogen-bond donors (Lipinski definition) is 3. The number of benzene rings is 1. The maximum absolute atomic E-state index is 11.9. The second-order valence-corrected chi connectivity index (χ2v) is 4.01. The summed E-state index contributed by atoms with van der Waals surface area (Å²) in [4.78, 5) is 22.5. The molecule has 0 aliphatic carbocycles. The minimum atomic E-state index is -0.540. The Morgan fingerprint density at radius 2 is 2.24 bits per heavy atom. The highest BCUT2D eigenvalue weighted by Gasteiger charge is 2.17. The number of nitrogens with one attached hydrogen (secondary N) is 2. The van der Waals surface area contributed by atoms with E-state index in [1.54, 1.807) is 6.07 Å². The van der Waals surface area contributed by atoms with Crippen molar-refractivity contribution >= 4 is 17.5 Å². The van der Waals surface area contributed by atoms with Gasteiger partial charge in [0.1, 0.15) is 0 Å². The highest BCUT2D eigenvalue weighted by molar-refractivity contribution is 5.98. The molecule has 2 amide bonds. The van der Waals surface area contributed by atoms with Gasteiger partial charge in [-0.1, -0.05) is 6.07 Å². The predicted octanol–water partition coefficient (Wildman–Crippen LogP) is 0.260. The van der Waals surface area contributed by atoms with Gasteiger partial charge in [0.15, 0.2) is 0 Å². The standard InChI is InChI=1S/C12H15N3O2/c13-11(16)7-15-12(17)9-3-1-5-10-8(9)4-2-6-14-10/h1,3,5,14H,2,4,6-7H2,(H2,13,16)(H,15,17). The molecule has 5 nitrogen and oxygen atoms in total. The molecule has 90 valence electrons. The molecule has 17 heavy (non-hydrogen) atoms. The van der Waals surface area contributed by atoms with Gasteiger partial charge in [-0.15, -0.1) is 0 Å². The van der Waals surface area contributed by atoms with Crippen LogP contribution < -0.4 is 16.4 Å². The van der Waals surface area contributed by atoms with Gasteiger partial charge in [0.05, 0.1) is 6.54 Å². The molecule has 0 unspecified atom stereocenters. The third kappa shape index (κ3) is 2.55. The smallest absolute Gasteiger partial charge is 0.252 e. The van der Waals surface area contributed by atoms with Crippen molar-refractivity contribution in [2.75, 3.05) is 18.4 Å². The predicted molar refractivity (Wildman–Crippen MR) is 64.8 cm³/mol. The van der Waals surface area contributed by atoms with Crippen molar-refractivity contribution in [3.63, 3.8) is 0 Å². The maximum atomic E-state index is 11.9. The van der Waals surface area contributed by atoms with E-state index in [4.69, 9.17) is 5.73 Å². The average molecular weight is 233 g/mol. The first kappa shape index (κ1) is 11.4. The van der Waals surface area contributed by atoms with Crippen molar-refractivity contribution in [2.24, 2.45) is 5.73 Å². The zero-order valence-corrected chi connectivity index (χ0v) is 9.45. The second kappa shape index (κ2) is 4.86. The summed E-state index contributed by atoms with van der Waals surface area (Å²) in [5, 5.41) is 5.76. The summed E-state index contributed by atoms with van der Waals surface area (Å²) in [6.45, 7) is 0.801. The summed E-state index contributed by atoms with van der Waals surface area (Å²) in [6.07, 6.45) is 1.88. The SMILES string of the molecule is NC(=O)CNC(=O)c1cccc2c1CCCN2. The molecule has 1 aliphatic heterocycles. The van der Waals surface area contributed by atoms with Gasteiger partial charge >= 0.3 is 0 Å². The Hall–Kier alpha value is -2.04. The molecule has 0 radical (unpaired) electrons. The fourth-order valence-corrected chi connectivity index (χ4v) is 1.99. The van der Waals surface area contributed by atoms with Crippen molar-refractivity contribution in [1.82, 2.24) is 5.32 Å². The van der Waals surface area contributed by atoms with E-state index < -0.39 is 5.91 Å². The van der Waals surface area contributed by atoms with Crippen molar-refractivity contribution in [3.05, 3.63) is 29.3 Å². The lowest BCUT2D eigenvalue weighted by atomic mass is 9.97. The molecule has 0 saturated carbocycles. The normalized spacial score (nSPS) is 13.4. The van der Waals surface area contributed by atoms with Crippen LogP contribution >= 0.6 is 0 Å². The largest absolute Gasteiger partial charge is 0.385 e. The first-order valence-corrected chi connectivity index (χ1v) is 5.61. The van der Waals surface area contributed by atoms with Crippen molar-refractivity contribution in [3.8, 4) is 0 Å². The quantitative estimate of drug-likeness (QED) is 0.700. The summed E-state index contributed by atoms with van der Waals surface area (Å²) < 4.78 is 0. The van der Waals surface area contributed by atoms with E-state index in [1.165, 1.54) is 0 Å². The monoisotopic (exact) mass is 233 g/mol. The summed E-state index contributed by atoms with van der Waals surface area (Å²) in [5.74, 6) is -0.786. The van der Waals surface area contributed by atoms with Gasteiger partial charge < -0.3 is 16.4 Å². The van der Waals surface area contributed by atoms with Crippen LogP contribution in [0.5, 0.6) is 0 Å². The average Bonchev–Trinajstić information content (AvgIpc) is 2.35. The summed E-state index contributed by atoms with van der Waals surface area (Å²) >= 11 is 0. The van der Waals surface area contributed by atoms with Crippen molar-refractivity contribution < 1.29 is 9.59 Å². The molecule has 0 fully saturated rings. The Balaban J connectivity index is 2.20. The van der Waals surface area contributed by atoms with E-state index in [9.17, 15) is 9.59 Å². The van der Waals surface area contributed by atoms with Gasteiger partial charge in [0.25, 0.3) is 5.91 Å². The van der Waals surface area contributed by atoms with Crippen molar-refractivity contribution in [2.45, 2.75) is 12.8 Å². The Morgan fingerprint density at radius 1 is 1.41 bits per heavy atom. The number of carbonyl (C=O) groups excluding carboxylic acids is 2. The van der Waals surface area contributed by atoms with E-state index in [2.05, 4.69) is 10.6 Å². The number of anilines is 1. The number of hydrogen-bond acceptors (Lipinski definition) is 3. The van der Waals surface area contributed by atoms with Crippen LogP contribution in [0, 0.1) is 0 Å². The van der Waals surface area contributed by atoms with E-state index in [0.29, 0.717) is 5.56 Å². The van der Waals surface area contributed by atoms with Gasteiger partial charge in [-0.2, -0.15) is 0 Å². The molecule has 2 rings (SSSR count). The minimum Gasteiger partial charge on any atom is -0.385 e. The molecule has 1 aliphatic rings. The number of rotatable bonds is 3. The highest BCUT2D eigenvalue weighted by atomic mass is 16.2. The van der Waals surface area contributed by atoms with E-state index in [0.717, 1.165) is 30.6 Å². The Morgan fingerprint density at radius 3 is 3.00 bits per heavy atom. The van der Waals surface area contributed by atoms with Crippen LogP contribution in [0.3, 0.4) is 0 Å². The zero-order valence-electron chi connectivity index (χ0n) is 9.45. The molecule has 0 saturated heterocycles. The van der Waals surface area contributed by atoms with Gasteiger partial charge in [-0.05, 0) is 30.5 Å². The molecule has 1 heterocycles. The first-order chi connectivity index (χ1) is 8.18. The van der Waals surface area contributed by atoms with E-state index in [-0.39, 0.29) is 12.5 Å². The number of fused-ring (bicyclic) bond motifs is 1. The minimum absolute atomic E-state index is 0.129. The number of amides is 2. The van der Waals surface area contributed by atoms with Gasteiger partial charge in [0, 0.05) is 17.8 Å². The second-order valence-electron chi connectivity index (χ2n) is 4.01. The highest BCUT2D eigenvalue weighted by Crippen LogP contribution is 2.25. The Kier molecular flexibility index (Phi) is 3.27. The van der Waals surface area contributed by atoms with Crippen LogP contribution in [0.2, 0.25) is 0 Å². The molecule has 0 spiro atoms. The Bertz CT molecular complexity index is 457. The molecule has 0 bridgehead atoms. The molecule has 5 heteroatoms. The lowest BCUT2D eigenvalue weighted by molar-refractivity contribution is -0.117. The fourth-order valence-electron chi connectivity index (χ4n) is 1.99. The molecule has 1 aromatic carbocycles. The third-order valence-electron chi connectivity index (χ3n) is 2.76. The number of primary amides is 1. The first-order valence-electron chi connectivity index (χ1n) is 5.61. The van der Waals surface area contributed by atoms with Crippen LogP contribution in [0.15, 0.2) is 18.2 Å². The molecule has 1 aromatic rings. The van der Waals surface area contributed by atoms with Crippen LogP contribution in [0.25, 0.3) is 0 Å². The molecular weight excluding hydrogens is 218 g/mol. The van der Waals surface area contributed by atoms with E-state index >= 15 is 0 Å².